The van der Waals surface area contributed by atoms with Crippen LogP contribution in [0.3, 0.4) is 0 Å². The molecule has 33 heavy (non-hydrogen) atoms. The van der Waals surface area contributed by atoms with Crippen LogP contribution in [0.4, 0.5) is 5.69 Å². The Bertz CT molecular complexity index is 1460. The van der Waals surface area contributed by atoms with Gasteiger partial charge in [0.05, 0.1) is 40.1 Å². The third-order valence-electron chi connectivity index (χ3n) is 5.61. The molecule has 0 radical (unpaired) electrons. The minimum Gasteiger partial charge on any atom is -0.390 e. The summed E-state index contributed by atoms with van der Waals surface area (Å²) in [6.07, 6.45) is 4.80. The highest BCUT2D eigenvalue weighted by Gasteiger charge is 2.33. The number of fused-ring (bicyclic) bond motifs is 1. The zero-order valence-electron chi connectivity index (χ0n) is 17.3. The molecule has 1 aliphatic rings. The molecular weight excluding hydrogens is 460 g/mol. The molecule has 0 amide bonds. The number of H-pyrrole nitrogens is 1. The second kappa shape index (κ2) is 8.57. The Hall–Kier alpha value is -3.30. The summed E-state index contributed by atoms with van der Waals surface area (Å²) in [7, 11) is -3.70. The molecule has 3 heterocycles. The molecule has 9 nitrogen and oxygen atoms in total. The highest BCUT2D eigenvalue weighted by Crippen LogP contribution is 2.37. The average molecular weight is 481 g/mol. The first-order valence-corrected chi connectivity index (χ1v) is 12.6. The predicted octanol–water partition coefficient (Wildman–Crippen LogP) is 2.97. The molecule has 4 N–H and O–H groups in total. The van der Waals surface area contributed by atoms with Crippen molar-refractivity contribution < 1.29 is 13.5 Å². The number of nitrogens with zero attached hydrogens (tertiary/aromatic N) is 3. The number of nitrogens with one attached hydrogen (secondary N) is 3. The fourth-order valence-electron chi connectivity index (χ4n) is 3.89. The van der Waals surface area contributed by atoms with Gasteiger partial charge in [-0.2, -0.15) is 5.26 Å². The van der Waals surface area contributed by atoms with Gasteiger partial charge >= 0.3 is 0 Å². The lowest BCUT2D eigenvalue weighted by Crippen LogP contribution is -2.49. The lowest BCUT2D eigenvalue weighted by atomic mass is 9.87. The van der Waals surface area contributed by atoms with E-state index < -0.39 is 10.0 Å². The molecule has 3 aromatic heterocycles. The van der Waals surface area contributed by atoms with Gasteiger partial charge < -0.3 is 15.4 Å². The summed E-state index contributed by atoms with van der Waals surface area (Å²) in [5.74, 6) is 0. The van der Waals surface area contributed by atoms with E-state index in [-0.39, 0.29) is 23.6 Å². The zero-order valence-corrected chi connectivity index (χ0v) is 18.9. The van der Waals surface area contributed by atoms with Crippen LogP contribution in [0.2, 0.25) is 0 Å². The largest absolute Gasteiger partial charge is 0.390 e. The number of aromatic nitrogens is 3. The first-order chi connectivity index (χ1) is 16.0. The van der Waals surface area contributed by atoms with Crippen LogP contribution in [0, 0.1) is 11.3 Å². The maximum atomic E-state index is 12.7. The van der Waals surface area contributed by atoms with Gasteiger partial charge in [0.25, 0.3) is 0 Å². The van der Waals surface area contributed by atoms with Gasteiger partial charge in [0.2, 0.25) is 10.0 Å². The number of benzene rings is 1. The van der Waals surface area contributed by atoms with E-state index in [1.165, 1.54) is 23.5 Å². The fraction of sp³-hybridized carbons (Fsp3) is 0.227. The van der Waals surface area contributed by atoms with Crippen molar-refractivity contribution in [1.29, 1.82) is 5.26 Å². The minimum absolute atomic E-state index is 0.0691. The van der Waals surface area contributed by atoms with E-state index >= 15 is 0 Å². The van der Waals surface area contributed by atoms with Crippen molar-refractivity contribution in [1.82, 2.24) is 19.7 Å². The molecule has 0 spiro atoms. The first kappa shape index (κ1) is 21.5. The van der Waals surface area contributed by atoms with Crippen LogP contribution < -0.4 is 10.0 Å². The summed E-state index contributed by atoms with van der Waals surface area (Å²) in [5.41, 5.74) is 3.37. The standard InChI is InChI=1S/C22H20N6O3S2/c23-9-13-2-1-3-17(6-13)33(30,31)28-15-7-14(8-15)26-20-18-4-5-24-21(18)25-10-19(20)22-27-16(11-29)12-32-22/h1-6,10,12,14-15,28-29H,7-8,11H2,(H2,24,25,26)/t14-,15+. The second-order valence-corrected chi connectivity index (χ2v) is 10.4. The van der Waals surface area contributed by atoms with Crippen molar-refractivity contribution in [3.05, 3.63) is 59.4 Å². The molecule has 0 bridgehead atoms. The lowest BCUT2D eigenvalue weighted by Gasteiger charge is -2.37. The van der Waals surface area contributed by atoms with E-state index in [4.69, 9.17) is 5.26 Å². The van der Waals surface area contributed by atoms with E-state index in [0.717, 1.165) is 27.3 Å². The Kier molecular flexibility index (Phi) is 5.59. The van der Waals surface area contributed by atoms with E-state index in [1.54, 1.807) is 18.3 Å². The molecule has 0 unspecified atom stereocenters. The molecule has 1 saturated carbocycles. The molecule has 1 aliphatic carbocycles. The van der Waals surface area contributed by atoms with Gasteiger partial charge in [-0.15, -0.1) is 11.3 Å². The van der Waals surface area contributed by atoms with Gasteiger partial charge in [-0.25, -0.2) is 23.1 Å². The van der Waals surface area contributed by atoms with E-state index in [0.29, 0.717) is 24.1 Å². The maximum absolute atomic E-state index is 12.7. The predicted molar refractivity (Wildman–Crippen MR) is 125 cm³/mol. The normalized spacial score (nSPS) is 18.1. The molecule has 168 valence electrons. The summed E-state index contributed by atoms with van der Waals surface area (Å²) in [5, 5.41) is 25.4. The van der Waals surface area contributed by atoms with Crippen LogP contribution in [0.5, 0.6) is 0 Å². The molecule has 11 heteroatoms. The van der Waals surface area contributed by atoms with E-state index in [1.807, 2.05) is 23.7 Å². The maximum Gasteiger partial charge on any atom is 0.240 e. The number of aromatic amines is 1. The van der Waals surface area contributed by atoms with Crippen LogP contribution in [-0.2, 0) is 16.6 Å². The van der Waals surface area contributed by atoms with Crippen LogP contribution in [0.1, 0.15) is 24.1 Å². The number of rotatable bonds is 7. The molecule has 5 rings (SSSR count). The highest BCUT2D eigenvalue weighted by atomic mass is 32.2. The number of aliphatic hydroxyl groups is 1. The molecule has 1 aromatic carbocycles. The van der Waals surface area contributed by atoms with Gasteiger partial charge in [0, 0.05) is 35.2 Å². The molecule has 0 atom stereocenters. The minimum atomic E-state index is -3.70. The number of nitriles is 1. The Balaban J connectivity index is 1.32. The number of pyridine rings is 1. The Morgan fingerprint density at radius 1 is 1.27 bits per heavy atom. The number of hydrogen-bond acceptors (Lipinski definition) is 8. The number of thiazole rings is 1. The van der Waals surface area contributed by atoms with Crippen molar-refractivity contribution in [2.45, 2.75) is 36.4 Å². The third-order valence-corrected chi connectivity index (χ3v) is 8.06. The van der Waals surface area contributed by atoms with Crippen molar-refractivity contribution in [3.63, 3.8) is 0 Å². The van der Waals surface area contributed by atoms with Gasteiger partial charge in [-0.05, 0) is 37.1 Å². The van der Waals surface area contributed by atoms with Gasteiger partial charge in [-0.1, -0.05) is 6.07 Å². The van der Waals surface area contributed by atoms with Crippen molar-refractivity contribution in [2.24, 2.45) is 0 Å². The molecule has 1 fully saturated rings. The molecule has 4 aromatic rings. The fourth-order valence-corrected chi connectivity index (χ4v) is 6.02. The summed E-state index contributed by atoms with van der Waals surface area (Å²) in [4.78, 5) is 12.1. The van der Waals surface area contributed by atoms with Crippen LogP contribution in [-0.4, -0.2) is 40.6 Å². The Labute approximate surface area is 194 Å². The van der Waals surface area contributed by atoms with E-state index in [9.17, 15) is 13.5 Å². The number of aliphatic hydroxyl groups excluding tert-OH is 1. The molecule has 0 aliphatic heterocycles. The Morgan fingerprint density at radius 3 is 2.88 bits per heavy atom. The number of anilines is 1. The Morgan fingerprint density at radius 2 is 2.12 bits per heavy atom. The summed E-state index contributed by atoms with van der Waals surface area (Å²) >= 11 is 1.44. The SMILES string of the molecule is N#Cc1cccc(S(=O)(=O)N[C@H]2C[C@@H](Nc3c(-c4nc(CO)cs4)cnc4[nH]ccc34)C2)c1. The topological polar surface area (TPSA) is 144 Å². The van der Waals surface area contributed by atoms with Crippen LogP contribution in [0.15, 0.2) is 53.0 Å². The third kappa shape index (κ3) is 4.21. The van der Waals surface area contributed by atoms with Gasteiger partial charge in [0.1, 0.15) is 10.7 Å². The summed E-state index contributed by atoms with van der Waals surface area (Å²) < 4.78 is 28.1. The smallest absolute Gasteiger partial charge is 0.240 e. The molecule has 0 saturated heterocycles. The second-order valence-electron chi connectivity index (χ2n) is 7.86. The van der Waals surface area contributed by atoms with E-state index in [2.05, 4.69) is 25.0 Å². The average Bonchev–Trinajstić information content (AvgIpc) is 3.47. The van der Waals surface area contributed by atoms with Crippen molar-refractivity contribution in [3.8, 4) is 16.6 Å². The summed E-state index contributed by atoms with van der Waals surface area (Å²) in [6, 6.07) is 9.76. The first-order valence-electron chi connectivity index (χ1n) is 10.3. The zero-order chi connectivity index (χ0) is 23.0. The van der Waals surface area contributed by atoms with Gasteiger partial charge in [-0.3, -0.25) is 0 Å². The lowest BCUT2D eigenvalue weighted by molar-refractivity contribution is 0.278. The van der Waals surface area contributed by atoms with Crippen LogP contribution in [0.25, 0.3) is 21.6 Å². The quantitative estimate of drug-likeness (QED) is 0.318. The number of hydrogen-bond donors (Lipinski definition) is 4. The number of sulfonamides is 1. The van der Waals surface area contributed by atoms with Crippen molar-refractivity contribution >= 4 is 38.1 Å². The monoisotopic (exact) mass is 480 g/mol. The molecular formula is C22H20N6O3S2. The van der Waals surface area contributed by atoms with Crippen molar-refractivity contribution in [2.75, 3.05) is 5.32 Å². The van der Waals surface area contributed by atoms with Gasteiger partial charge in [0.15, 0.2) is 0 Å². The summed E-state index contributed by atoms with van der Waals surface area (Å²) in [6.45, 7) is -0.124. The van der Waals surface area contributed by atoms with Crippen LogP contribution >= 0.6 is 11.3 Å². The highest BCUT2D eigenvalue weighted by molar-refractivity contribution is 7.89.